The van der Waals surface area contributed by atoms with Gasteiger partial charge in [-0.2, -0.15) is 0 Å². The van der Waals surface area contributed by atoms with E-state index in [-0.39, 0.29) is 11.9 Å². The molecule has 0 spiro atoms. The molecule has 0 amide bonds. The lowest BCUT2D eigenvalue weighted by Gasteiger charge is -2.25. The summed E-state index contributed by atoms with van der Waals surface area (Å²) >= 11 is 5.15. The van der Waals surface area contributed by atoms with E-state index in [1.807, 2.05) is 14.0 Å². The van der Waals surface area contributed by atoms with Gasteiger partial charge < -0.3 is 5.73 Å². The molecule has 1 heterocycles. The van der Waals surface area contributed by atoms with Crippen LogP contribution in [-0.4, -0.2) is 23.8 Å². The predicted molar refractivity (Wildman–Crippen MR) is 69.5 cm³/mol. The van der Waals surface area contributed by atoms with E-state index < -0.39 is 0 Å². The van der Waals surface area contributed by atoms with Crippen LogP contribution < -0.4 is 5.73 Å². The number of rotatable bonds is 5. The van der Waals surface area contributed by atoms with Gasteiger partial charge in [-0.3, -0.25) is 10.3 Å². The number of thiophene rings is 1. The topological polar surface area (TPSA) is 53.1 Å². The fraction of sp³-hybridized carbons (Fsp3) is 0.500. The van der Waals surface area contributed by atoms with Crippen LogP contribution in [0.1, 0.15) is 18.2 Å². The van der Waals surface area contributed by atoms with E-state index in [0.717, 1.165) is 17.4 Å². The number of amidine groups is 1. The van der Waals surface area contributed by atoms with Crippen LogP contribution in [0.3, 0.4) is 0 Å². The normalized spacial score (nSPS) is 13.1. The number of likely N-dealkylation sites (N-methyl/N-ethyl adjacent to an activating group) is 1. The summed E-state index contributed by atoms with van der Waals surface area (Å²) < 4.78 is 1.12. The lowest BCUT2D eigenvalue weighted by Crippen LogP contribution is -2.41. The van der Waals surface area contributed by atoms with E-state index in [1.54, 1.807) is 11.3 Å². The predicted octanol–water partition coefficient (Wildman–Crippen LogP) is 2.66. The highest BCUT2D eigenvalue weighted by molar-refractivity contribution is 9.10. The van der Waals surface area contributed by atoms with Gasteiger partial charge in [-0.15, -0.1) is 11.3 Å². The Hall–Kier alpha value is -0.390. The maximum atomic E-state index is 7.48. The second kappa shape index (κ2) is 5.63. The van der Waals surface area contributed by atoms with Gasteiger partial charge in [0.2, 0.25) is 0 Å². The van der Waals surface area contributed by atoms with Crippen molar-refractivity contribution in [3.63, 3.8) is 0 Å². The molecule has 0 fully saturated rings. The maximum Gasteiger partial charge on any atom is 0.108 e. The van der Waals surface area contributed by atoms with Crippen molar-refractivity contribution in [2.24, 2.45) is 5.73 Å². The van der Waals surface area contributed by atoms with Crippen LogP contribution in [0.5, 0.6) is 0 Å². The zero-order valence-electron chi connectivity index (χ0n) is 8.96. The summed E-state index contributed by atoms with van der Waals surface area (Å²) in [6, 6.07) is 2.15. The summed E-state index contributed by atoms with van der Waals surface area (Å²) in [6.45, 7) is 2.89. The van der Waals surface area contributed by atoms with Crippen LogP contribution in [-0.2, 0) is 6.54 Å². The molecule has 0 radical (unpaired) electrons. The molecule has 1 rings (SSSR count). The van der Waals surface area contributed by atoms with Crippen LogP contribution in [0.4, 0.5) is 0 Å². The number of nitrogens with two attached hydrogens (primary N) is 1. The highest BCUT2D eigenvalue weighted by Gasteiger charge is 2.16. The molecule has 0 aromatic carbocycles. The first kappa shape index (κ1) is 12.7. The summed E-state index contributed by atoms with van der Waals surface area (Å²) in [6.07, 6.45) is 0.873. The minimum atomic E-state index is 0.0471. The van der Waals surface area contributed by atoms with Crippen LogP contribution in [0.15, 0.2) is 15.9 Å². The molecule has 1 aromatic heterocycles. The first-order valence-electron chi connectivity index (χ1n) is 4.81. The fourth-order valence-electron chi connectivity index (χ4n) is 1.56. The molecule has 0 saturated carbocycles. The summed E-state index contributed by atoms with van der Waals surface area (Å²) in [5.74, 6) is 0.246. The number of halogens is 1. The zero-order valence-corrected chi connectivity index (χ0v) is 11.4. The van der Waals surface area contributed by atoms with E-state index in [1.165, 1.54) is 4.88 Å². The Balaban J connectivity index is 2.61. The van der Waals surface area contributed by atoms with Crippen LogP contribution in [0.2, 0.25) is 0 Å². The number of nitrogens with one attached hydrogen (secondary N) is 1. The molecular weight excluding hydrogens is 274 g/mol. The van der Waals surface area contributed by atoms with Gasteiger partial charge in [0.05, 0.1) is 6.04 Å². The highest BCUT2D eigenvalue weighted by atomic mass is 79.9. The van der Waals surface area contributed by atoms with Crippen molar-refractivity contribution < 1.29 is 0 Å². The van der Waals surface area contributed by atoms with Gasteiger partial charge in [-0.05, 0) is 35.5 Å². The Kier molecular flexibility index (Phi) is 4.76. The molecule has 0 aliphatic rings. The van der Waals surface area contributed by atoms with Crippen LogP contribution in [0.25, 0.3) is 0 Å². The van der Waals surface area contributed by atoms with Gasteiger partial charge in [0, 0.05) is 21.3 Å². The van der Waals surface area contributed by atoms with Gasteiger partial charge in [0.15, 0.2) is 0 Å². The quantitative estimate of drug-likeness (QED) is 0.647. The molecule has 5 heteroatoms. The van der Waals surface area contributed by atoms with E-state index in [9.17, 15) is 0 Å². The first-order chi connectivity index (χ1) is 7.04. The lowest BCUT2D eigenvalue weighted by atomic mass is 10.2. The van der Waals surface area contributed by atoms with Crippen molar-refractivity contribution >= 4 is 33.1 Å². The number of hydrogen-bond donors (Lipinski definition) is 2. The standard InChI is InChI=1S/C10H16BrN3S/c1-3-9(10(12)13)14(2)5-8-4-7(11)6-15-8/h4,6,9H,3,5H2,1-2H3,(H3,12,13). The third-order valence-corrected chi connectivity index (χ3v) is 3.99. The first-order valence-corrected chi connectivity index (χ1v) is 6.49. The van der Waals surface area contributed by atoms with Crippen molar-refractivity contribution in [2.45, 2.75) is 25.9 Å². The Labute approximate surface area is 103 Å². The van der Waals surface area contributed by atoms with E-state index in [4.69, 9.17) is 11.1 Å². The van der Waals surface area contributed by atoms with Gasteiger partial charge >= 0.3 is 0 Å². The zero-order chi connectivity index (χ0) is 11.4. The molecule has 3 N–H and O–H groups in total. The largest absolute Gasteiger partial charge is 0.386 e. The summed E-state index contributed by atoms with van der Waals surface area (Å²) in [5.41, 5.74) is 5.54. The molecule has 1 aromatic rings. The van der Waals surface area contributed by atoms with Gasteiger partial charge in [-0.25, -0.2) is 0 Å². The van der Waals surface area contributed by atoms with Crippen molar-refractivity contribution in [3.05, 3.63) is 20.8 Å². The summed E-state index contributed by atoms with van der Waals surface area (Å²) in [4.78, 5) is 3.39. The van der Waals surface area contributed by atoms with Crippen LogP contribution in [0, 0.1) is 5.41 Å². The second-order valence-electron chi connectivity index (χ2n) is 3.53. The SMILES string of the molecule is CCC(C(=N)N)N(C)Cc1cc(Br)cs1. The molecular formula is C10H16BrN3S. The van der Waals surface area contributed by atoms with Crippen LogP contribution >= 0.6 is 27.3 Å². The monoisotopic (exact) mass is 289 g/mol. The molecule has 3 nitrogen and oxygen atoms in total. The van der Waals surface area contributed by atoms with E-state index in [0.29, 0.717) is 0 Å². The molecule has 15 heavy (non-hydrogen) atoms. The highest BCUT2D eigenvalue weighted by Crippen LogP contribution is 2.21. The van der Waals surface area contributed by atoms with Gasteiger partial charge in [-0.1, -0.05) is 6.92 Å². The Bertz CT molecular complexity index is 337. The number of hydrogen-bond acceptors (Lipinski definition) is 3. The summed E-state index contributed by atoms with van der Waals surface area (Å²) in [7, 11) is 2.00. The number of nitrogens with zero attached hydrogens (tertiary/aromatic N) is 1. The Morgan fingerprint density at radius 1 is 1.73 bits per heavy atom. The molecule has 0 aliphatic heterocycles. The molecule has 0 bridgehead atoms. The second-order valence-corrected chi connectivity index (χ2v) is 5.44. The molecule has 1 unspecified atom stereocenters. The minimum Gasteiger partial charge on any atom is -0.386 e. The third-order valence-electron chi connectivity index (χ3n) is 2.30. The molecule has 1 atom stereocenters. The lowest BCUT2D eigenvalue weighted by molar-refractivity contribution is 0.283. The van der Waals surface area contributed by atoms with Gasteiger partial charge in [0.1, 0.15) is 5.84 Å². The minimum absolute atomic E-state index is 0.0471. The Morgan fingerprint density at radius 3 is 2.80 bits per heavy atom. The molecule has 84 valence electrons. The molecule has 0 saturated heterocycles. The van der Waals surface area contributed by atoms with Crippen molar-refractivity contribution in [1.29, 1.82) is 5.41 Å². The van der Waals surface area contributed by atoms with Crippen molar-refractivity contribution in [3.8, 4) is 0 Å². The smallest absolute Gasteiger partial charge is 0.108 e. The van der Waals surface area contributed by atoms with E-state index in [2.05, 4.69) is 32.3 Å². The third kappa shape index (κ3) is 3.59. The molecule has 0 aliphatic carbocycles. The van der Waals surface area contributed by atoms with Gasteiger partial charge in [0.25, 0.3) is 0 Å². The summed E-state index contributed by atoms with van der Waals surface area (Å²) in [5, 5.41) is 9.55. The maximum absolute atomic E-state index is 7.48. The van der Waals surface area contributed by atoms with Crippen molar-refractivity contribution in [2.75, 3.05) is 7.05 Å². The fourth-order valence-corrected chi connectivity index (χ4v) is 3.08. The van der Waals surface area contributed by atoms with E-state index >= 15 is 0 Å². The Morgan fingerprint density at radius 2 is 2.40 bits per heavy atom. The average Bonchev–Trinajstić information content (AvgIpc) is 2.51. The van der Waals surface area contributed by atoms with Crippen molar-refractivity contribution in [1.82, 2.24) is 4.90 Å². The average molecular weight is 290 g/mol.